The number of oxazole rings is 1. The summed E-state index contributed by atoms with van der Waals surface area (Å²) < 4.78 is 12.2. The van der Waals surface area contributed by atoms with E-state index in [-0.39, 0.29) is 25.0 Å². The van der Waals surface area contributed by atoms with Crippen molar-refractivity contribution in [1.82, 2.24) is 9.88 Å². The maximum Gasteiger partial charge on any atom is 0.323 e. The van der Waals surface area contributed by atoms with E-state index in [2.05, 4.69) is 11.1 Å². The Morgan fingerprint density at radius 3 is 2.68 bits per heavy atom. The highest BCUT2D eigenvalue weighted by Gasteiger charge is 2.25. The number of nitrogens with zero attached hydrogens (tertiary/aromatic N) is 2. The number of carboxylic acids is 1. The van der Waals surface area contributed by atoms with Crippen molar-refractivity contribution >= 4 is 11.9 Å². The first-order valence-corrected chi connectivity index (χ1v) is 13.1. The summed E-state index contributed by atoms with van der Waals surface area (Å²) >= 11 is 0. The summed E-state index contributed by atoms with van der Waals surface area (Å²) in [6, 6.07) is 17.5. The normalized spacial score (nSPS) is 17.5. The molecule has 1 aliphatic carbocycles. The summed E-state index contributed by atoms with van der Waals surface area (Å²) in [6.45, 7) is 4.53. The van der Waals surface area contributed by atoms with Crippen molar-refractivity contribution in [2.24, 2.45) is 5.92 Å². The number of amides is 1. The molecule has 1 saturated carbocycles. The molecule has 2 unspecified atom stereocenters. The SMILES string of the molecule is Cc1cccc(-c2nc(COC3CCCC(CCN(CC(=O)O)C(=O)Cc4ccccc4)C3)c(C)o2)c1. The molecule has 1 aromatic heterocycles. The number of benzene rings is 2. The second kappa shape index (κ2) is 12.7. The van der Waals surface area contributed by atoms with Crippen LogP contribution in [-0.2, 0) is 27.4 Å². The van der Waals surface area contributed by atoms with E-state index in [1.165, 1.54) is 4.90 Å². The lowest BCUT2D eigenvalue weighted by Crippen LogP contribution is -2.38. The number of aryl methyl sites for hydroxylation is 2. The second-order valence-electron chi connectivity index (χ2n) is 10.0. The highest BCUT2D eigenvalue weighted by atomic mass is 16.5. The maximum absolute atomic E-state index is 12.8. The lowest BCUT2D eigenvalue weighted by molar-refractivity contribution is -0.144. The van der Waals surface area contributed by atoms with E-state index in [1.54, 1.807) is 0 Å². The van der Waals surface area contributed by atoms with Gasteiger partial charge in [0.25, 0.3) is 0 Å². The molecule has 7 nitrogen and oxygen atoms in total. The first kappa shape index (κ1) is 26.6. The predicted octanol–water partition coefficient (Wildman–Crippen LogP) is 5.58. The summed E-state index contributed by atoms with van der Waals surface area (Å²) in [4.78, 5) is 30.4. The molecule has 196 valence electrons. The third kappa shape index (κ3) is 7.76. The van der Waals surface area contributed by atoms with Gasteiger partial charge in [-0.3, -0.25) is 9.59 Å². The molecule has 2 atom stereocenters. The molecule has 2 aromatic carbocycles. The minimum atomic E-state index is -0.987. The first-order valence-electron chi connectivity index (χ1n) is 13.1. The standard InChI is InChI=1S/C30H36N2O5/c1-21-8-6-12-25(16-21)30-31-27(22(2)37-30)20-36-26-13-7-11-24(17-26)14-15-32(19-29(34)35)28(33)18-23-9-4-3-5-10-23/h3-6,8-10,12,16,24,26H,7,11,13-15,17-20H2,1-2H3,(H,34,35). The van der Waals surface area contributed by atoms with Crippen molar-refractivity contribution in [1.29, 1.82) is 0 Å². The molecule has 1 heterocycles. The number of hydrogen-bond donors (Lipinski definition) is 1. The fraction of sp³-hybridized carbons (Fsp3) is 0.433. The number of aliphatic carboxylic acids is 1. The van der Waals surface area contributed by atoms with Crippen LogP contribution in [0.25, 0.3) is 11.5 Å². The van der Waals surface area contributed by atoms with Gasteiger partial charge in [-0.1, -0.05) is 60.9 Å². The molecular formula is C30H36N2O5. The zero-order chi connectivity index (χ0) is 26.2. The Balaban J connectivity index is 1.29. The topological polar surface area (TPSA) is 92.9 Å². The van der Waals surface area contributed by atoms with Gasteiger partial charge in [0.2, 0.25) is 11.8 Å². The molecule has 37 heavy (non-hydrogen) atoms. The van der Waals surface area contributed by atoms with E-state index in [1.807, 2.05) is 62.4 Å². The Bertz CT molecular complexity index is 1190. The minimum Gasteiger partial charge on any atom is -0.480 e. The Kier molecular flexibility index (Phi) is 9.12. The molecule has 0 spiro atoms. The van der Waals surface area contributed by atoms with Gasteiger partial charge in [0, 0.05) is 12.1 Å². The average molecular weight is 505 g/mol. The zero-order valence-corrected chi connectivity index (χ0v) is 21.7. The number of carboxylic acid groups (broad SMARTS) is 1. The van der Waals surface area contributed by atoms with E-state index < -0.39 is 5.97 Å². The quantitative estimate of drug-likeness (QED) is 0.366. The highest BCUT2D eigenvalue weighted by molar-refractivity contribution is 5.83. The van der Waals surface area contributed by atoms with Crippen molar-refractivity contribution < 1.29 is 23.8 Å². The number of carbonyl (C=O) groups excluding carboxylic acids is 1. The largest absolute Gasteiger partial charge is 0.480 e. The fourth-order valence-electron chi connectivity index (χ4n) is 4.99. The number of ether oxygens (including phenoxy) is 1. The molecule has 1 N–H and O–H groups in total. The van der Waals surface area contributed by atoms with Crippen molar-refractivity contribution in [2.75, 3.05) is 13.1 Å². The van der Waals surface area contributed by atoms with Crippen LogP contribution >= 0.6 is 0 Å². The molecule has 3 aromatic rings. The van der Waals surface area contributed by atoms with Gasteiger partial charge in [0.05, 0.1) is 19.1 Å². The van der Waals surface area contributed by atoms with Gasteiger partial charge in [-0.15, -0.1) is 0 Å². The van der Waals surface area contributed by atoms with Crippen LogP contribution in [0.5, 0.6) is 0 Å². The predicted molar refractivity (Wildman–Crippen MR) is 141 cm³/mol. The van der Waals surface area contributed by atoms with Gasteiger partial charge < -0.3 is 19.2 Å². The van der Waals surface area contributed by atoms with Crippen molar-refractivity contribution in [3.05, 3.63) is 77.2 Å². The molecule has 1 amide bonds. The van der Waals surface area contributed by atoms with Crippen LogP contribution in [-0.4, -0.2) is 46.1 Å². The van der Waals surface area contributed by atoms with E-state index in [9.17, 15) is 14.7 Å². The summed E-state index contributed by atoms with van der Waals surface area (Å²) in [5.41, 5.74) is 3.82. The molecule has 0 aliphatic heterocycles. The van der Waals surface area contributed by atoms with E-state index in [4.69, 9.17) is 9.15 Å². The first-order chi connectivity index (χ1) is 17.9. The summed E-state index contributed by atoms with van der Waals surface area (Å²) in [7, 11) is 0. The van der Waals surface area contributed by atoms with E-state index >= 15 is 0 Å². The molecule has 4 rings (SSSR count). The molecule has 0 radical (unpaired) electrons. The Morgan fingerprint density at radius 1 is 1.11 bits per heavy atom. The summed E-state index contributed by atoms with van der Waals surface area (Å²) in [5.74, 6) is 0.633. The van der Waals surface area contributed by atoms with Crippen LogP contribution < -0.4 is 0 Å². The van der Waals surface area contributed by atoms with Crippen molar-refractivity contribution in [2.45, 2.75) is 65.1 Å². The number of aromatic nitrogens is 1. The van der Waals surface area contributed by atoms with Crippen LogP contribution in [0.4, 0.5) is 0 Å². The molecule has 1 fully saturated rings. The molecule has 0 saturated heterocycles. The van der Waals surface area contributed by atoms with Gasteiger partial charge in [0.15, 0.2) is 0 Å². The Labute approximate surface area is 218 Å². The minimum absolute atomic E-state index is 0.116. The number of rotatable bonds is 11. The Morgan fingerprint density at radius 2 is 1.92 bits per heavy atom. The molecule has 0 bridgehead atoms. The Hall–Kier alpha value is -3.45. The fourth-order valence-corrected chi connectivity index (χ4v) is 4.99. The van der Waals surface area contributed by atoms with Crippen LogP contribution in [0, 0.1) is 19.8 Å². The monoisotopic (exact) mass is 504 g/mol. The van der Waals surface area contributed by atoms with Gasteiger partial charge >= 0.3 is 5.97 Å². The highest BCUT2D eigenvalue weighted by Crippen LogP contribution is 2.30. The van der Waals surface area contributed by atoms with Crippen molar-refractivity contribution in [3.63, 3.8) is 0 Å². The molecular weight excluding hydrogens is 468 g/mol. The molecule has 1 aliphatic rings. The van der Waals surface area contributed by atoms with Gasteiger partial charge in [-0.05, 0) is 56.7 Å². The van der Waals surface area contributed by atoms with Crippen LogP contribution in [0.3, 0.4) is 0 Å². The maximum atomic E-state index is 12.8. The third-order valence-electron chi connectivity index (χ3n) is 7.03. The summed E-state index contributed by atoms with van der Waals surface area (Å²) in [6.07, 6.45) is 5.11. The number of hydrogen-bond acceptors (Lipinski definition) is 5. The van der Waals surface area contributed by atoms with E-state index in [0.717, 1.165) is 60.2 Å². The van der Waals surface area contributed by atoms with Crippen LogP contribution in [0.1, 0.15) is 54.7 Å². The lowest BCUT2D eigenvalue weighted by atomic mass is 9.85. The van der Waals surface area contributed by atoms with Crippen LogP contribution in [0.2, 0.25) is 0 Å². The smallest absolute Gasteiger partial charge is 0.323 e. The lowest BCUT2D eigenvalue weighted by Gasteiger charge is -2.31. The van der Waals surface area contributed by atoms with E-state index in [0.29, 0.717) is 25.0 Å². The van der Waals surface area contributed by atoms with Gasteiger partial charge in [-0.25, -0.2) is 4.98 Å². The van der Waals surface area contributed by atoms with Crippen molar-refractivity contribution in [3.8, 4) is 11.5 Å². The van der Waals surface area contributed by atoms with Crippen LogP contribution in [0.15, 0.2) is 59.0 Å². The number of carbonyl (C=O) groups is 2. The van der Waals surface area contributed by atoms with Gasteiger partial charge in [-0.2, -0.15) is 0 Å². The third-order valence-corrected chi connectivity index (χ3v) is 7.03. The average Bonchev–Trinajstić information content (AvgIpc) is 3.26. The molecule has 7 heteroatoms. The zero-order valence-electron chi connectivity index (χ0n) is 21.7. The summed E-state index contributed by atoms with van der Waals surface area (Å²) in [5, 5.41) is 9.34. The second-order valence-corrected chi connectivity index (χ2v) is 10.0. The van der Waals surface area contributed by atoms with Gasteiger partial charge in [0.1, 0.15) is 18.0 Å².